The van der Waals surface area contributed by atoms with E-state index in [9.17, 15) is 46.0 Å². The maximum atomic E-state index is 12.5. The average molecular weight is 785 g/mol. The molecule has 0 amide bonds. The predicted octanol–water partition coefficient (Wildman–Crippen LogP) is 2.15. The molecule has 0 aromatic carbocycles. The van der Waals surface area contributed by atoms with Gasteiger partial charge in [0, 0.05) is 0 Å². The number of fused-ring (bicyclic) bond motifs is 5. The molecule has 0 aromatic heterocycles. The molecule has 2 heterocycles. The fourth-order valence-corrected chi connectivity index (χ4v) is 13.4. The minimum atomic E-state index is -1.55. The normalized spacial score (nSPS) is 52.0. The van der Waals surface area contributed by atoms with Crippen LogP contribution in [0.25, 0.3) is 0 Å². The van der Waals surface area contributed by atoms with Gasteiger partial charge in [0.2, 0.25) is 0 Å². The van der Waals surface area contributed by atoms with Gasteiger partial charge in [-0.15, -0.1) is 0 Å². The van der Waals surface area contributed by atoms with Gasteiger partial charge in [0.25, 0.3) is 0 Å². The van der Waals surface area contributed by atoms with Crippen molar-refractivity contribution in [2.75, 3.05) is 13.2 Å². The van der Waals surface area contributed by atoms with E-state index in [2.05, 4.69) is 40.7 Å². The van der Waals surface area contributed by atoms with E-state index in [1.165, 1.54) is 5.57 Å². The first-order valence-electron chi connectivity index (χ1n) is 20.9. The first-order valence-corrected chi connectivity index (χ1v) is 20.9. The zero-order chi connectivity index (χ0) is 40.6. The lowest BCUT2D eigenvalue weighted by atomic mass is 9.35. The van der Waals surface area contributed by atoms with Crippen LogP contribution in [0.4, 0.5) is 0 Å². The summed E-state index contributed by atoms with van der Waals surface area (Å²) in [5, 5.41) is 95.9. The van der Waals surface area contributed by atoms with E-state index in [1.807, 2.05) is 20.8 Å². The minimum Gasteiger partial charge on any atom is -0.394 e. The molecule has 9 N–H and O–H groups in total. The van der Waals surface area contributed by atoms with E-state index in [4.69, 9.17) is 18.9 Å². The smallest absolute Gasteiger partial charge is 0.187 e. The third-order valence-electron chi connectivity index (χ3n) is 16.7. The van der Waals surface area contributed by atoms with Crippen LogP contribution in [0.3, 0.4) is 0 Å². The van der Waals surface area contributed by atoms with E-state index < -0.39 is 86.3 Å². The number of hydrogen-bond donors (Lipinski definition) is 9. The number of ether oxygens (including phenoxy) is 4. The molecule has 4 saturated carbocycles. The van der Waals surface area contributed by atoms with Crippen LogP contribution >= 0.6 is 0 Å². The molecule has 0 unspecified atom stereocenters. The molecule has 318 valence electrons. The monoisotopic (exact) mass is 784 g/mol. The summed E-state index contributed by atoms with van der Waals surface area (Å²) in [6, 6.07) is 0. The van der Waals surface area contributed by atoms with Crippen LogP contribution in [-0.2, 0) is 18.9 Å². The van der Waals surface area contributed by atoms with Crippen LogP contribution in [0.1, 0.15) is 113 Å². The molecule has 0 radical (unpaired) electrons. The van der Waals surface area contributed by atoms with Gasteiger partial charge in [-0.1, -0.05) is 46.3 Å². The van der Waals surface area contributed by atoms with E-state index in [-0.39, 0.29) is 51.4 Å². The van der Waals surface area contributed by atoms with Crippen LogP contribution in [-0.4, -0.2) is 138 Å². The lowest BCUT2D eigenvalue weighted by Crippen LogP contribution is -2.67. The number of rotatable bonds is 10. The molecule has 6 rings (SSSR count). The summed E-state index contributed by atoms with van der Waals surface area (Å²) in [6.45, 7) is 16.6. The molecule has 55 heavy (non-hydrogen) atoms. The summed E-state index contributed by atoms with van der Waals surface area (Å²) >= 11 is 0. The Bertz CT molecular complexity index is 1370. The second-order valence-corrected chi connectivity index (χ2v) is 20.1. The van der Waals surface area contributed by atoms with Gasteiger partial charge < -0.3 is 64.9 Å². The van der Waals surface area contributed by atoms with Gasteiger partial charge in [-0.25, -0.2) is 0 Å². The molecule has 2 aliphatic heterocycles. The van der Waals surface area contributed by atoms with Crippen molar-refractivity contribution >= 4 is 0 Å². The first-order chi connectivity index (χ1) is 25.6. The molecule has 13 heteroatoms. The summed E-state index contributed by atoms with van der Waals surface area (Å²) in [5.41, 5.74) is -0.592. The van der Waals surface area contributed by atoms with Gasteiger partial charge >= 0.3 is 0 Å². The van der Waals surface area contributed by atoms with Gasteiger partial charge in [-0.3, -0.25) is 0 Å². The average Bonchev–Trinajstić information content (AvgIpc) is 3.51. The lowest BCUT2D eigenvalue weighted by Gasteiger charge is -2.71. The Morgan fingerprint density at radius 2 is 1.27 bits per heavy atom. The SMILES string of the molecule is CC(C)=CCC[C@@](C)(O[C@@H]1O[C@H](CO)[C@@H](O)[C@H](O)[C@H]1O)[C@H]1CC[C@]2(C)[C@@H]1[C@H](O)C[C@H]1[C@@]3(C)CC[C@H](O[C@@H]4O[C@H](CO)[C@@H](O)[C@H](O)[C@H]4O)C(C)(C)[C@@H]3CC[C@]12C. The third-order valence-corrected chi connectivity index (χ3v) is 16.7. The molecule has 0 spiro atoms. The standard InChI is InChI=1S/C42H72O13/c1-21(2)10-9-14-42(8,55-37-35(51)33(49)31(47)25(20-44)53-37)22-11-16-41(7)29(22)23(45)18-27-39(5)15-13-28(38(3,4)26(39)12-17-40(27,41)6)54-36-34(50)32(48)30(46)24(19-43)52-36/h10,22-37,43-51H,9,11-20H2,1-8H3/t22-,23+,24+,25+,26-,27-,28-,29-,30+,31+,32-,33-,34+,35+,36-,37-,39-,40+,41+,42+/m0/s1. The van der Waals surface area contributed by atoms with Gasteiger partial charge in [-0.2, -0.15) is 0 Å². The highest BCUT2D eigenvalue weighted by atomic mass is 16.7. The first kappa shape index (κ1) is 43.8. The maximum absolute atomic E-state index is 12.5. The van der Waals surface area contributed by atoms with Crippen LogP contribution < -0.4 is 0 Å². The summed E-state index contributed by atoms with van der Waals surface area (Å²) in [4.78, 5) is 0. The minimum absolute atomic E-state index is 0.104. The molecular weight excluding hydrogens is 712 g/mol. The van der Waals surface area contributed by atoms with Crippen molar-refractivity contribution in [2.45, 2.75) is 192 Å². The van der Waals surface area contributed by atoms with Crippen molar-refractivity contribution < 1.29 is 64.9 Å². The van der Waals surface area contributed by atoms with Crippen LogP contribution in [0, 0.1) is 45.3 Å². The van der Waals surface area contributed by atoms with Crippen molar-refractivity contribution in [2.24, 2.45) is 45.3 Å². The van der Waals surface area contributed by atoms with Crippen LogP contribution in [0.15, 0.2) is 11.6 Å². The van der Waals surface area contributed by atoms with Crippen molar-refractivity contribution in [1.29, 1.82) is 0 Å². The third kappa shape index (κ3) is 7.10. The highest BCUT2D eigenvalue weighted by Crippen LogP contribution is 2.76. The Labute approximate surface area is 327 Å². The van der Waals surface area contributed by atoms with Gasteiger partial charge in [0.15, 0.2) is 12.6 Å². The molecule has 6 aliphatic rings. The molecule has 13 nitrogen and oxygen atoms in total. The largest absolute Gasteiger partial charge is 0.394 e. The Hall–Kier alpha value is -0.780. The Morgan fingerprint density at radius 3 is 1.85 bits per heavy atom. The summed E-state index contributed by atoms with van der Waals surface area (Å²) in [7, 11) is 0. The second-order valence-electron chi connectivity index (χ2n) is 20.1. The second kappa shape index (κ2) is 15.7. The summed E-state index contributed by atoms with van der Waals surface area (Å²) in [6.07, 6.45) is -5.39. The number of hydrogen-bond acceptors (Lipinski definition) is 13. The topological polar surface area (TPSA) is 219 Å². The highest BCUT2D eigenvalue weighted by Gasteiger charge is 2.72. The van der Waals surface area contributed by atoms with E-state index in [1.54, 1.807) is 0 Å². The van der Waals surface area contributed by atoms with Crippen molar-refractivity contribution in [3.05, 3.63) is 11.6 Å². The molecule has 4 aliphatic carbocycles. The zero-order valence-corrected chi connectivity index (χ0v) is 34.3. The maximum Gasteiger partial charge on any atom is 0.187 e. The van der Waals surface area contributed by atoms with E-state index in [0.717, 1.165) is 32.1 Å². The molecule has 0 bridgehead atoms. The van der Waals surface area contributed by atoms with Gasteiger partial charge in [0.05, 0.1) is 31.0 Å². The lowest BCUT2D eigenvalue weighted by molar-refractivity contribution is -0.338. The summed E-state index contributed by atoms with van der Waals surface area (Å²) in [5.74, 6) is 0.196. The quantitative estimate of drug-likeness (QED) is 0.115. The van der Waals surface area contributed by atoms with Crippen molar-refractivity contribution in [3.63, 3.8) is 0 Å². The van der Waals surface area contributed by atoms with Crippen LogP contribution in [0.2, 0.25) is 0 Å². The Balaban J connectivity index is 1.26. The molecule has 0 aromatic rings. The summed E-state index contributed by atoms with van der Waals surface area (Å²) < 4.78 is 24.9. The zero-order valence-electron chi connectivity index (χ0n) is 34.3. The number of aliphatic hydroxyl groups excluding tert-OH is 9. The number of aliphatic hydroxyl groups is 9. The van der Waals surface area contributed by atoms with Crippen molar-refractivity contribution in [3.8, 4) is 0 Å². The van der Waals surface area contributed by atoms with E-state index in [0.29, 0.717) is 25.7 Å². The van der Waals surface area contributed by atoms with Crippen molar-refractivity contribution in [1.82, 2.24) is 0 Å². The molecule has 6 fully saturated rings. The fourth-order valence-electron chi connectivity index (χ4n) is 13.4. The van der Waals surface area contributed by atoms with Gasteiger partial charge in [0.1, 0.15) is 48.8 Å². The van der Waals surface area contributed by atoms with E-state index >= 15 is 0 Å². The molecule has 2 saturated heterocycles. The number of allylic oxidation sites excluding steroid dienone is 2. The van der Waals surface area contributed by atoms with Crippen LogP contribution in [0.5, 0.6) is 0 Å². The fraction of sp³-hybridized carbons (Fsp3) is 0.952. The highest BCUT2D eigenvalue weighted by molar-refractivity contribution is 5.20. The molecular formula is C42H72O13. The Morgan fingerprint density at radius 1 is 0.709 bits per heavy atom. The van der Waals surface area contributed by atoms with Gasteiger partial charge in [-0.05, 0) is 124 Å². The Kier molecular flexibility index (Phi) is 12.5. The molecule has 20 atom stereocenters. The predicted molar refractivity (Wildman–Crippen MR) is 201 cm³/mol.